The van der Waals surface area contributed by atoms with Crippen LogP contribution in [0.25, 0.3) is 0 Å². The first kappa shape index (κ1) is 20.9. The Morgan fingerprint density at radius 3 is 2.67 bits per heavy atom. The van der Waals surface area contributed by atoms with E-state index in [1.165, 1.54) is 24.9 Å². The second-order valence-corrected chi connectivity index (χ2v) is 6.83. The number of halogens is 1. The van der Waals surface area contributed by atoms with E-state index in [-0.39, 0.29) is 23.1 Å². The van der Waals surface area contributed by atoms with E-state index in [0.717, 1.165) is 5.56 Å². The zero-order valence-corrected chi connectivity index (χ0v) is 16.2. The molecule has 0 unspecified atom stereocenters. The van der Waals surface area contributed by atoms with E-state index in [1.54, 1.807) is 36.4 Å². The van der Waals surface area contributed by atoms with Crippen LogP contribution in [0.15, 0.2) is 42.5 Å². The van der Waals surface area contributed by atoms with Gasteiger partial charge in [-0.05, 0) is 35.9 Å². The molecule has 0 radical (unpaired) electrons. The van der Waals surface area contributed by atoms with Crippen LogP contribution in [0.5, 0.6) is 11.5 Å². The average molecular weight is 411 g/mol. The molecule has 0 aromatic heterocycles. The van der Waals surface area contributed by atoms with Crippen LogP contribution in [0.1, 0.15) is 5.56 Å². The Morgan fingerprint density at radius 2 is 2.00 bits per heavy atom. The maximum absolute atomic E-state index is 11.8. The predicted molar refractivity (Wildman–Crippen MR) is 106 cm³/mol. The molecule has 2 rings (SSSR count). The highest BCUT2D eigenvalue weighted by Crippen LogP contribution is 2.28. The molecule has 2 aromatic rings. The quantitative estimate of drug-likeness (QED) is 0.365. The molecule has 0 spiro atoms. The lowest BCUT2D eigenvalue weighted by molar-refractivity contribution is -0.385. The van der Waals surface area contributed by atoms with Gasteiger partial charge in [-0.1, -0.05) is 17.7 Å². The molecule has 9 heteroatoms. The fourth-order valence-electron chi connectivity index (χ4n) is 2.17. The van der Waals surface area contributed by atoms with Gasteiger partial charge in [0, 0.05) is 16.8 Å². The van der Waals surface area contributed by atoms with Crippen LogP contribution < -0.4 is 14.8 Å². The fraction of sp³-hybridized carbons (Fsp3) is 0.278. The lowest BCUT2D eigenvalue weighted by Gasteiger charge is -2.08. The smallest absolute Gasteiger partial charge is 0.311 e. The van der Waals surface area contributed by atoms with E-state index < -0.39 is 4.92 Å². The van der Waals surface area contributed by atoms with Crippen LogP contribution in [0.3, 0.4) is 0 Å². The molecular formula is C18H19ClN2O5S. The number of carbonyl (C=O) groups excluding carboxylic acids is 1. The summed E-state index contributed by atoms with van der Waals surface area (Å²) in [5.41, 5.74) is 0.672. The monoisotopic (exact) mass is 410 g/mol. The van der Waals surface area contributed by atoms with Crippen molar-refractivity contribution >= 4 is 35.0 Å². The summed E-state index contributed by atoms with van der Waals surface area (Å²) in [6.07, 6.45) is 0. The van der Waals surface area contributed by atoms with Crippen LogP contribution in [0, 0.1) is 10.1 Å². The molecule has 0 atom stereocenters. The van der Waals surface area contributed by atoms with Gasteiger partial charge >= 0.3 is 5.69 Å². The Kier molecular flexibility index (Phi) is 8.22. The van der Waals surface area contributed by atoms with Crippen molar-refractivity contribution in [2.75, 3.05) is 26.0 Å². The Bertz CT molecular complexity index is 786. The first-order valence-corrected chi connectivity index (χ1v) is 9.57. The molecule has 144 valence electrons. The molecular weight excluding hydrogens is 392 g/mol. The molecule has 1 amide bonds. The van der Waals surface area contributed by atoms with Crippen molar-refractivity contribution in [3.63, 3.8) is 0 Å². The van der Waals surface area contributed by atoms with Gasteiger partial charge in [-0.25, -0.2) is 0 Å². The van der Waals surface area contributed by atoms with Crippen molar-refractivity contribution in [2.24, 2.45) is 0 Å². The number of hydrogen-bond donors (Lipinski definition) is 1. The number of carbonyl (C=O) groups is 1. The summed E-state index contributed by atoms with van der Waals surface area (Å²) in [4.78, 5) is 22.4. The van der Waals surface area contributed by atoms with Crippen molar-refractivity contribution in [3.8, 4) is 11.5 Å². The Balaban J connectivity index is 1.67. The van der Waals surface area contributed by atoms with Gasteiger partial charge in [0.05, 0.1) is 24.3 Å². The van der Waals surface area contributed by atoms with E-state index in [1.807, 2.05) is 0 Å². The number of amides is 1. The molecule has 1 N–H and O–H groups in total. The molecule has 0 bridgehead atoms. The molecule has 0 saturated carbocycles. The molecule has 27 heavy (non-hydrogen) atoms. The number of nitrogens with one attached hydrogen (secondary N) is 1. The number of benzene rings is 2. The fourth-order valence-corrected chi connectivity index (χ4v) is 3.10. The number of methoxy groups -OCH3 is 1. The summed E-state index contributed by atoms with van der Waals surface area (Å²) in [7, 11) is 1.39. The SMILES string of the molecule is COc1ccc(CSCC(=O)NCCOc2ccc(Cl)cc2)cc1[N+](=O)[O-]. The summed E-state index contributed by atoms with van der Waals surface area (Å²) in [6.45, 7) is 0.735. The highest BCUT2D eigenvalue weighted by atomic mass is 35.5. The largest absolute Gasteiger partial charge is 0.492 e. The minimum absolute atomic E-state index is 0.0839. The summed E-state index contributed by atoms with van der Waals surface area (Å²) < 4.78 is 10.5. The van der Waals surface area contributed by atoms with Crippen LogP contribution >= 0.6 is 23.4 Å². The molecule has 0 aliphatic carbocycles. The number of thioether (sulfide) groups is 1. The number of nitrogens with zero attached hydrogens (tertiary/aromatic N) is 1. The van der Waals surface area contributed by atoms with Gasteiger partial charge in [-0.3, -0.25) is 14.9 Å². The van der Waals surface area contributed by atoms with Gasteiger partial charge in [-0.15, -0.1) is 11.8 Å². The van der Waals surface area contributed by atoms with Crippen molar-refractivity contribution in [1.82, 2.24) is 5.32 Å². The maximum atomic E-state index is 11.8. The number of ether oxygens (including phenoxy) is 2. The number of hydrogen-bond acceptors (Lipinski definition) is 6. The van der Waals surface area contributed by atoms with Gasteiger partial charge in [0.1, 0.15) is 12.4 Å². The van der Waals surface area contributed by atoms with E-state index in [9.17, 15) is 14.9 Å². The van der Waals surface area contributed by atoms with Gasteiger partial charge in [0.15, 0.2) is 5.75 Å². The van der Waals surface area contributed by atoms with Crippen molar-refractivity contribution < 1.29 is 19.2 Å². The van der Waals surface area contributed by atoms with Gasteiger partial charge in [-0.2, -0.15) is 0 Å². The predicted octanol–water partition coefficient (Wildman–Crippen LogP) is 3.69. The van der Waals surface area contributed by atoms with Crippen molar-refractivity contribution in [3.05, 3.63) is 63.2 Å². The van der Waals surface area contributed by atoms with E-state index in [0.29, 0.717) is 29.7 Å². The Morgan fingerprint density at radius 1 is 1.26 bits per heavy atom. The zero-order valence-electron chi connectivity index (χ0n) is 14.6. The third kappa shape index (κ3) is 6.99. The van der Waals surface area contributed by atoms with Gasteiger partial charge < -0.3 is 14.8 Å². The van der Waals surface area contributed by atoms with Crippen LogP contribution in [-0.4, -0.2) is 36.8 Å². The van der Waals surface area contributed by atoms with Crippen LogP contribution in [0.4, 0.5) is 5.69 Å². The Hall–Kier alpha value is -2.45. The molecule has 0 saturated heterocycles. The molecule has 0 fully saturated rings. The topological polar surface area (TPSA) is 90.7 Å². The minimum Gasteiger partial charge on any atom is -0.492 e. The Labute approximate surface area is 166 Å². The summed E-state index contributed by atoms with van der Waals surface area (Å²) in [6, 6.07) is 11.7. The second kappa shape index (κ2) is 10.6. The van der Waals surface area contributed by atoms with Gasteiger partial charge in [0.25, 0.3) is 0 Å². The van der Waals surface area contributed by atoms with Crippen molar-refractivity contribution in [2.45, 2.75) is 5.75 Å². The number of nitro groups is 1. The lowest BCUT2D eigenvalue weighted by Crippen LogP contribution is -2.29. The summed E-state index contributed by atoms with van der Waals surface area (Å²) in [5, 5.41) is 14.4. The van der Waals surface area contributed by atoms with Crippen LogP contribution in [-0.2, 0) is 10.5 Å². The molecule has 0 aliphatic rings. The summed E-state index contributed by atoms with van der Waals surface area (Å²) >= 11 is 7.17. The van der Waals surface area contributed by atoms with E-state index in [2.05, 4.69) is 5.32 Å². The zero-order chi connectivity index (χ0) is 19.6. The normalized spacial score (nSPS) is 10.3. The maximum Gasteiger partial charge on any atom is 0.311 e. The second-order valence-electron chi connectivity index (χ2n) is 5.41. The van der Waals surface area contributed by atoms with Crippen molar-refractivity contribution in [1.29, 1.82) is 0 Å². The summed E-state index contributed by atoms with van der Waals surface area (Å²) in [5.74, 6) is 1.51. The van der Waals surface area contributed by atoms with E-state index >= 15 is 0 Å². The van der Waals surface area contributed by atoms with E-state index in [4.69, 9.17) is 21.1 Å². The molecule has 0 heterocycles. The molecule has 7 nitrogen and oxygen atoms in total. The van der Waals surface area contributed by atoms with Gasteiger partial charge in [0.2, 0.25) is 5.91 Å². The first-order valence-electron chi connectivity index (χ1n) is 8.03. The third-order valence-corrected chi connectivity index (χ3v) is 4.70. The lowest BCUT2D eigenvalue weighted by atomic mass is 10.2. The number of nitro benzene ring substituents is 1. The minimum atomic E-state index is -0.486. The third-order valence-electron chi connectivity index (χ3n) is 3.45. The van der Waals surface area contributed by atoms with Crippen LogP contribution in [0.2, 0.25) is 5.02 Å². The highest BCUT2D eigenvalue weighted by Gasteiger charge is 2.15. The standard InChI is InChI=1S/C18H19ClN2O5S/c1-25-17-7-2-13(10-16(17)21(23)24)11-27-12-18(22)20-8-9-26-15-5-3-14(19)4-6-15/h2-7,10H,8-9,11-12H2,1H3,(H,20,22). The number of rotatable bonds is 10. The molecule has 0 aliphatic heterocycles. The average Bonchev–Trinajstić information content (AvgIpc) is 2.66. The first-order chi connectivity index (χ1) is 13.0. The highest BCUT2D eigenvalue weighted by molar-refractivity contribution is 7.99. The molecule has 2 aromatic carbocycles.